The van der Waals surface area contributed by atoms with Crippen LogP contribution in [0.2, 0.25) is 5.02 Å². The van der Waals surface area contributed by atoms with E-state index >= 15 is 0 Å². The fraction of sp³-hybridized carbons (Fsp3) is 0.133. The maximum Gasteiger partial charge on any atom is 0.375 e. The minimum atomic E-state index is -1.21. The second-order valence-corrected chi connectivity index (χ2v) is 5.31. The number of halogens is 1. The van der Waals surface area contributed by atoms with Crippen molar-refractivity contribution >= 4 is 17.6 Å². The average molecular weight is 347 g/mol. The Morgan fingerprint density at radius 2 is 2.12 bits per heavy atom. The molecule has 0 aliphatic rings. The summed E-state index contributed by atoms with van der Waals surface area (Å²) < 4.78 is 8.18. The molecule has 0 aliphatic carbocycles. The number of pyridine rings is 2. The van der Waals surface area contributed by atoms with Gasteiger partial charge in [-0.2, -0.15) is 9.55 Å². The first kappa shape index (κ1) is 15.9. The van der Waals surface area contributed by atoms with Crippen LogP contribution in [0.5, 0.6) is 5.88 Å². The molecule has 0 saturated carbocycles. The zero-order valence-electron chi connectivity index (χ0n) is 12.8. The third-order valence-corrected chi connectivity index (χ3v) is 3.52. The molecule has 8 nitrogen and oxygen atoms in total. The monoisotopic (exact) mass is 346 g/mol. The smallest absolute Gasteiger partial charge is 0.375 e. The SMILES string of the molecule is COc1ccc(-n2nc(C(=O)O)nc2-c2ccc(Cl)c[n+]2C)cn1. The number of rotatable bonds is 4. The molecule has 0 atom stereocenters. The highest BCUT2D eigenvalue weighted by Crippen LogP contribution is 2.20. The van der Waals surface area contributed by atoms with Gasteiger partial charge in [0.2, 0.25) is 17.4 Å². The van der Waals surface area contributed by atoms with E-state index in [1.165, 1.54) is 18.0 Å². The van der Waals surface area contributed by atoms with E-state index in [0.717, 1.165) is 0 Å². The number of hydrogen-bond donors (Lipinski definition) is 1. The minimum Gasteiger partial charge on any atom is -0.481 e. The number of hydrogen-bond acceptors (Lipinski definition) is 5. The van der Waals surface area contributed by atoms with Gasteiger partial charge in [0.1, 0.15) is 12.1 Å². The summed E-state index contributed by atoms with van der Waals surface area (Å²) in [5.41, 5.74) is 1.20. The molecular formula is C15H13ClN5O3+. The van der Waals surface area contributed by atoms with E-state index in [1.54, 1.807) is 42.1 Å². The molecule has 0 fully saturated rings. The fourth-order valence-electron chi connectivity index (χ4n) is 2.17. The summed E-state index contributed by atoms with van der Waals surface area (Å²) in [7, 11) is 3.30. The molecular weight excluding hydrogens is 334 g/mol. The Bertz CT molecular complexity index is 908. The van der Waals surface area contributed by atoms with Gasteiger partial charge in [0.15, 0.2) is 6.20 Å². The van der Waals surface area contributed by atoms with Gasteiger partial charge in [-0.05, 0) is 12.1 Å². The molecule has 1 N–H and O–H groups in total. The first-order valence-electron chi connectivity index (χ1n) is 6.86. The Morgan fingerprint density at radius 3 is 2.71 bits per heavy atom. The number of ether oxygens (including phenoxy) is 1. The molecule has 3 aromatic rings. The summed E-state index contributed by atoms with van der Waals surface area (Å²) in [4.78, 5) is 19.5. The summed E-state index contributed by atoms with van der Waals surface area (Å²) in [6.45, 7) is 0. The molecule has 3 rings (SSSR count). The third kappa shape index (κ3) is 2.91. The Hall–Kier alpha value is -3.00. The van der Waals surface area contributed by atoms with Crippen molar-refractivity contribution in [2.24, 2.45) is 7.05 Å². The van der Waals surface area contributed by atoms with Crippen molar-refractivity contribution in [2.45, 2.75) is 0 Å². The largest absolute Gasteiger partial charge is 0.481 e. The van der Waals surface area contributed by atoms with Crippen molar-refractivity contribution in [2.75, 3.05) is 7.11 Å². The van der Waals surface area contributed by atoms with E-state index in [0.29, 0.717) is 28.1 Å². The van der Waals surface area contributed by atoms with E-state index in [9.17, 15) is 9.90 Å². The van der Waals surface area contributed by atoms with Gasteiger partial charge in [-0.1, -0.05) is 11.6 Å². The number of methoxy groups -OCH3 is 1. The molecule has 0 bridgehead atoms. The van der Waals surface area contributed by atoms with Crippen LogP contribution >= 0.6 is 11.6 Å². The second kappa shape index (κ2) is 6.25. The lowest BCUT2D eigenvalue weighted by Crippen LogP contribution is -2.31. The van der Waals surface area contributed by atoms with Crippen molar-refractivity contribution in [3.8, 4) is 23.1 Å². The number of aromatic nitrogens is 5. The quantitative estimate of drug-likeness (QED) is 0.720. The van der Waals surface area contributed by atoms with E-state index in [1.807, 2.05) is 0 Å². The molecule has 0 radical (unpaired) electrons. The van der Waals surface area contributed by atoms with Crippen LogP contribution in [0.3, 0.4) is 0 Å². The number of carbonyl (C=O) groups is 1. The molecule has 3 heterocycles. The number of aryl methyl sites for hydroxylation is 1. The number of nitrogens with zero attached hydrogens (tertiary/aromatic N) is 5. The zero-order valence-corrected chi connectivity index (χ0v) is 13.6. The molecule has 0 unspecified atom stereocenters. The lowest BCUT2D eigenvalue weighted by Gasteiger charge is -2.05. The van der Waals surface area contributed by atoms with Gasteiger partial charge in [-0.15, -0.1) is 5.10 Å². The average Bonchev–Trinajstić information content (AvgIpc) is 3.00. The van der Waals surface area contributed by atoms with Crippen molar-refractivity contribution in [3.63, 3.8) is 0 Å². The van der Waals surface area contributed by atoms with Crippen LogP contribution in [0.15, 0.2) is 36.7 Å². The van der Waals surface area contributed by atoms with Crippen LogP contribution in [0, 0.1) is 0 Å². The van der Waals surface area contributed by atoms with Gasteiger partial charge in [0.25, 0.3) is 5.82 Å². The van der Waals surface area contributed by atoms with Crippen molar-refractivity contribution in [1.29, 1.82) is 0 Å². The predicted molar refractivity (Wildman–Crippen MR) is 84.3 cm³/mol. The van der Waals surface area contributed by atoms with Crippen LogP contribution in [-0.2, 0) is 7.05 Å². The molecule has 0 saturated heterocycles. The molecule has 0 aliphatic heterocycles. The van der Waals surface area contributed by atoms with E-state index in [-0.39, 0.29) is 5.82 Å². The van der Waals surface area contributed by atoms with Crippen LogP contribution in [0.25, 0.3) is 17.2 Å². The highest BCUT2D eigenvalue weighted by Gasteiger charge is 2.23. The Labute approximate surface area is 141 Å². The van der Waals surface area contributed by atoms with Crippen LogP contribution in [0.4, 0.5) is 0 Å². The number of carboxylic acid groups (broad SMARTS) is 1. The Morgan fingerprint density at radius 1 is 1.33 bits per heavy atom. The van der Waals surface area contributed by atoms with Crippen molar-refractivity contribution in [3.05, 3.63) is 47.5 Å². The Kier molecular flexibility index (Phi) is 4.13. The number of aromatic carboxylic acids is 1. The van der Waals surface area contributed by atoms with Crippen LogP contribution in [-0.4, -0.2) is 37.9 Å². The topological polar surface area (TPSA) is 94.0 Å². The lowest BCUT2D eigenvalue weighted by atomic mass is 10.3. The molecule has 3 aromatic heterocycles. The van der Waals surface area contributed by atoms with Gasteiger partial charge in [-0.3, -0.25) is 0 Å². The van der Waals surface area contributed by atoms with Gasteiger partial charge in [0, 0.05) is 12.1 Å². The van der Waals surface area contributed by atoms with E-state index in [2.05, 4.69) is 15.1 Å². The highest BCUT2D eigenvalue weighted by molar-refractivity contribution is 6.30. The van der Waals surface area contributed by atoms with Gasteiger partial charge in [0.05, 0.1) is 19.0 Å². The molecule has 24 heavy (non-hydrogen) atoms. The maximum atomic E-state index is 11.3. The minimum absolute atomic E-state index is 0.309. The van der Waals surface area contributed by atoms with Gasteiger partial charge >= 0.3 is 5.97 Å². The van der Waals surface area contributed by atoms with E-state index in [4.69, 9.17) is 16.3 Å². The van der Waals surface area contributed by atoms with Crippen LogP contribution < -0.4 is 9.30 Å². The molecule has 0 aromatic carbocycles. The summed E-state index contributed by atoms with van der Waals surface area (Å²) in [5.74, 6) is -0.724. The normalized spacial score (nSPS) is 10.6. The van der Waals surface area contributed by atoms with E-state index < -0.39 is 5.97 Å². The zero-order chi connectivity index (χ0) is 17.3. The Balaban J connectivity index is 2.18. The second-order valence-electron chi connectivity index (χ2n) is 4.88. The van der Waals surface area contributed by atoms with Crippen molar-refractivity contribution < 1.29 is 19.2 Å². The predicted octanol–water partition coefficient (Wildman–Crippen LogP) is 1.51. The summed E-state index contributed by atoms with van der Waals surface area (Å²) >= 11 is 5.97. The molecule has 0 amide bonds. The van der Waals surface area contributed by atoms with Crippen molar-refractivity contribution in [1.82, 2.24) is 19.7 Å². The molecule has 122 valence electrons. The summed E-state index contributed by atoms with van der Waals surface area (Å²) in [6.07, 6.45) is 3.22. The summed E-state index contributed by atoms with van der Waals surface area (Å²) in [6, 6.07) is 6.81. The number of carboxylic acids is 1. The fourth-order valence-corrected chi connectivity index (χ4v) is 2.38. The van der Waals surface area contributed by atoms with Gasteiger partial charge < -0.3 is 9.84 Å². The maximum absolute atomic E-state index is 11.3. The van der Waals surface area contributed by atoms with Crippen LogP contribution in [0.1, 0.15) is 10.6 Å². The lowest BCUT2D eigenvalue weighted by molar-refractivity contribution is -0.660. The first-order chi connectivity index (χ1) is 11.5. The van der Waals surface area contributed by atoms with Gasteiger partial charge in [-0.25, -0.2) is 14.5 Å². The molecule has 0 spiro atoms. The highest BCUT2D eigenvalue weighted by atomic mass is 35.5. The molecule has 9 heteroatoms. The third-order valence-electron chi connectivity index (χ3n) is 3.30. The first-order valence-corrected chi connectivity index (χ1v) is 7.23. The summed E-state index contributed by atoms with van der Waals surface area (Å²) in [5, 5.41) is 13.8. The standard InChI is InChI=1S/C15H12ClN5O3/c1-20-8-9(16)3-5-11(20)14-18-13(15(22)23)19-21(14)10-4-6-12(24-2)17-7-10/h3-8H,1-2H3/p+1.